The van der Waals surface area contributed by atoms with Crippen LogP contribution >= 0.6 is 0 Å². The molecule has 0 spiro atoms. The number of furan rings is 1. The summed E-state index contributed by atoms with van der Waals surface area (Å²) in [5.74, 6) is 0.777. The normalized spacial score (nSPS) is 12.4. The lowest BCUT2D eigenvalue weighted by molar-refractivity contribution is 0.400. The van der Waals surface area contributed by atoms with E-state index in [0.717, 1.165) is 23.6 Å². The number of methoxy groups -OCH3 is 1. The van der Waals surface area contributed by atoms with Crippen molar-refractivity contribution in [3.8, 4) is 5.75 Å². The SMILES string of the molecule is CCNC(c1ccoc1)c1ncccc1OC. The summed E-state index contributed by atoms with van der Waals surface area (Å²) >= 11 is 0. The second-order valence-electron chi connectivity index (χ2n) is 3.64. The van der Waals surface area contributed by atoms with Gasteiger partial charge in [-0.05, 0) is 24.7 Å². The average molecular weight is 232 g/mol. The van der Waals surface area contributed by atoms with E-state index in [1.807, 2.05) is 18.2 Å². The van der Waals surface area contributed by atoms with Gasteiger partial charge in [-0.2, -0.15) is 0 Å². The summed E-state index contributed by atoms with van der Waals surface area (Å²) in [4.78, 5) is 4.40. The van der Waals surface area contributed by atoms with Crippen LogP contribution in [0.2, 0.25) is 0 Å². The highest BCUT2D eigenvalue weighted by Gasteiger charge is 2.19. The molecule has 90 valence electrons. The lowest BCUT2D eigenvalue weighted by atomic mass is 10.1. The molecule has 0 aliphatic heterocycles. The Balaban J connectivity index is 2.39. The van der Waals surface area contributed by atoms with E-state index in [4.69, 9.17) is 9.15 Å². The first kappa shape index (κ1) is 11.7. The molecule has 0 aliphatic rings. The summed E-state index contributed by atoms with van der Waals surface area (Å²) in [6.45, 7) is 2.90. The maximum atomic E-state index is 5.34. The van der Waals surface area contributed by atoms with Gasteiger partial charge in [-0.3, -0.25) is 4.98 Å². The van der Waals surface area contributed by atoms with E-state index >= 15 is 0 Å². The Hall–Kier alpha value is -1.81. The smallest absolute Gasteiger partial charge is 0.142 e. The summed E-state index contributed by atoms with van der Waals surface area (Å²) < 4.78 is 10.5. The van der Waals surface area contributed by atoms with Crippen molar-refractivity contribution in [2.24, 2.45) is 0 Å². The highest BCUT2D eigenvalue weighted by Crippen LogP contribution is 2.27. The third-order valence-corrected chi connectivity index (χ3v) is 2.58. The van der Waals surface area contributed by atoms with Crippen molar-refractivity contribution < 1.29 is 9.15 Å². The first-order valence-corrected chi connectivity index (χ1v) is 5.61. The maximum absolute atomic E-state index is 5.34. The van der Waals surface area contributed by atoms with Crippen LogP contribution in [0.25, 0.3) is 0 Å². The third kappa shape index (κ3) is 2.47. The topological polar surface area (TPSA) is 47.3 Å². The molecule has 0 aliphatic carbocycles. The van der Waals surface area contributed by atoms with Crippen molar-refractivity contribution in [2.45, 2.75) is 13.0 Å². The van der Waals surface area contributed by atoms with Crippen LogP contribution in [0.3, 0.4) is 0 Å². The van der Waals surface area contributed by atoms with E-state index in [1.165, 1.54) is 0 Å². The van der Waals surface area contributed by atoms with Gasteiger partial charge in [0.05, 0.1) is 25.7 Å². The van der Waals surface area contributed by atoms with Crippen LogP contribution in [-0.2, 0) is 0 Å². The first-order valence-electron chi connectivity index (χ1n) is 5.61. The van der Waals surface area contributed by atoms with Gasteiger partial charge in [0.2, 0.25) is 0 Å². The number of nitrogens with one attached hydrogen (secondary N) is 1. The fourth-order valence-electron chi connectivity index (χ4n) is 1.81. The van der Waals surface area contributed by atoms with Crippen molar-refractivity contribution in [2.75, 3.05) is 13.7 Å². The molecule has 2 aromatic rings. The van der Waals surface area contributed by atoms with Gasteiger partial charge in [-0.15, -0.1) is 0 Å². The van der Waals surface area contributed by atoms with E-state index < -0.39 is 0 Å². The molecule has 0 bridgehead atoms. The van der Waals surface area contributed by atoms with Crippen LogP contribution < -0.4 is 10.1 Å². The van der Waals surface area contributed by atoms with Crippen LogP contribution in [0.1, 0.15) is 24.2 Å². The van der Waals surface area contributed by atoms with Gasteiger partial charge in [0.15, 0.2) is 0 Å². The largest absolute Gasteiger partial charge is 0.495 e. The Kier molecular flexibility index (Phi) is 3.77. The Morgan fingerprint density at radius 3 is 3.00 bits per heavy atom. The van der Waals surface area contributed by atoms with Crippen LogP contribution in [-0.4, -0.2) is 18.6 Å². The number of ether oxygens (including phenoxy) is 1. The molecule has 4 heteroatoms. The van der Waals surface area contributed by atoms with Crippen molar-refractivity contribution in [3.63, 3.8) is 0 Å². The number of aromatic nitrogens is 1. The lowest BCUT2D eigenvalue weighted by Gasteiger charge is -2.18. The van der Waals surface area contributed by atoms with Gasteiger partial charge >= 0.3 is 0 Å². The molecule has 0 saturated carbocycles. The molecule has 0 radical (unpaired) electrons. The first-order chi connectivity index (χ1) is 8.36. The van der Waals surface area contributed by atoms with E-state index in [1.54, 1.807) is 25.8 Å². The van der Waals surface area contributed by atoms with Gasteiger partial charge in [-0.25, -0.2) is 0 Å². The summed E-state index contributed by atoms with van der Waals surface area (Å²) in [7, 11) is 1.65. The Morgan fingerprint density at radius 1 is 1.47 bits per heavy atom. The van der Waals surface area contributed by atoms with Gasteiger partial charge in [0, 0.05) is 11.8 Å². The number of hydrogen-bond acceptors (Lipinski definition) is 4. The quantitative estimate of drug-likeness (QED) is 0.859. The van der Waals surface area contributed by atoms with Crippen molar-refractivity contribution in [1.82, 2.24) is 10.3 Å². The molecule has 0 amide bonds. The van der Waals surface area contributed by atoms with E-state index in [2.05, 4.69) is 17.2 Å². The van der Waals surface area contributed by atoms with E-state index in [-0.39, 0.29) is 6.04 Å². The number of pyridine rings is 1. The Bertz CT molecular complexity index is 454. The zero-order chi connectivity index (χ0) is 12.1. The molecule has 1 atom stereocenters. The lowest BCUT2D eigenvalue weighted by Crippen LogP contribution is -2.23. The molecule has 0 fully saturated rings. The molecule has 2 rings (SSSR count). The molecule has 2 heterocycles. The summed E-state index contributed by atoms with van der Waals surface area (Å²) in [6, 6.07) is 5.70. The van der Waals surface area contributed by atoms with Gasteiger partial charge in [0.1, 0.15) is 11.4 Å². The van der Waals surface area contributed by atoms with Crippen LogP contribution in [0.4, 0.5) is 0 Å². The average Bonchev–Trinajstić information content (AvgIpc) is 2.89. The molecular weight excluding hydrogens is 216 g/mol. The Labute approximate surface area is 101 Å². The van der Waals surface area contributed by atoms with Crippen molar-refractivity contribution in [1.29, 1.82) is 0 Å². The monoisotopic (exact) mass is 232 g/mol. The standard InChI is InChI=1S/C13H16N2O2/c1-3-14-12(10-6-8-17-9-10)13-11(16-2)5-4-7-15-13/h4-9,12,14H,3H2,1-2H3. The fourth-order valence-corrected chi connectivity index (χ4v) is 1.81. The Morgan fingerprint density at radius 2 is 2.35 bits per heavy atom. The fraction of sp³-hybridized carbons (Fsp3) is 0.308. The van der Waals surface area contributed by atoms with Crippen LogP contribution in [0.15, 0.2) is 41.3 Å². The summed E-state index contributed by atoms with van der Waals surface area (Å²) in [6.07, 6.45) is 5.15. The van der Waals surface area contributed by atoms with Crippen LogP contribution in [0, 0.1) is 0 Å². The molecule has 2 aromatic heterocycles. The highest BCUT2D eigenvalue weighted by atomic mass is 16.5. The van der Waals surface area contributed by atoms with Gasteiger partial charge < -0.3 is 14.5 Å². The van der Waals surface area contributed by atoms with Crippen molar-refractivity contribution >= 4 is 0 Å². The minimum atomic E-state index is -0.00472. The van der Waals surface area contributed by atoms with Gasteiger partial charge in [-0.1, -0.05) is 6.92 Å². The minimum Gasteiger partial charge on any atom is -0.495 e. The zero-order valence-corrected chi connectivity index (χ0v) is 10.0. The van der Waals surface area contributed by atoms with Crippen LogP contribution in [0.5, 0.6) is 5.75 Å². The molecule has 0 aromatic carbocycles. The number of rotatable bonds is 5. The van der Waals surface area contributed by atoms with Crippen molar-refractivity contribution in [3.05, 3.63) is 48.2 Å². The molecule has 1 unspecified atom stereocenters. The molecule has 17 heavy (non-hydrogen) atoms. The van der Waals surface area contributed by atoms with E-state index in [9.17, 15) is 0 Å². The second-order valence-corrected chi connectivity index (χ2v) is 3.64. The number of hydrogen-bond donors (Lipinski definition) is 1. The molecular formula is C13H16N2O2. The number of nitrogens with zero attached hydrogens (tertiary/aromatic N) is 1. The minimum absolute atomic E-state index is 0.00472. The predicted octanol–water partition coefficient (Wildman–Crippen LogP) is 2.38. The summed E-state index contributed by atoms with van der Waals surface area (Å²) in [5.41, 5.74) is 1.92. The molecule has 1 N–H and O–H groups in total. The summed E-state index contributed by atoms with van der Waals surface area (Å²) in [5, 5.41) is 3.37. The van der Waals surface area contributed by atoms with E-state index in [0.29, 0.717) is 0 Å². The van der Waals surface area contributed by atoms with Gasteiger partial charge in [0.25, 0.3) is 0 Å². The molecule has 0 saturated heterocycles. The maximum Gasteiger partial charge on any atom is 0.142 e. The zero-order valence-electron chi connectivity index (χ0n) is 10.0. The molecule has 4 nitrogen and oxygen atoms in total. The second kappa shape index (κ2) is 5.50. The predicted molar refractivity (Wildman–Crippen MR) is 65.0 cm³/mol. The third-order valence-electron chi connectivity index (χ3n) is 2.58. The highest BCUT2D eigenvalue weighted by molar-refractivity contribution is 5.35.